The lowest BCUT2D eigenvalue weighted by molar-refractivity contribution is -0.141. The number of carbonyl (C=O) groups excluding carboxylic acids is 2. The minimum Gasteiger partial charge on any atom is -0.468 e. The van der Waals surface area contributed by atoms with Gasteiger partial charge in [-0.1, -0.05) is 23.9 Å². The first-order valence-corrected chi connectivity index (χ1v) is 9.42. The number of esters is 1. The fraction of sp³-hybridized carbons (Fsp3) is 0.200. The highest BCUT2D eigenvalue weighted by molar-refractivity contribution is 8.00. The van der Waals surface area contributed by atoms with Gasteiger partial charge < -0.3 is 4.74 Å². The van der Waals surface area contributed by atoms with Crippen LogP contribution in [0.1, 0.15) is 17.3 Å². The van der Waals surface area contributed by atoms with Crippen molar-refractivity contribution >= 4 is 34.4 Å². The molecule has 0 radical (unpaired) electrons. The standard InChI is InChI=1S/C20H16F2N2O4S/c1-11(18(26)12-7-8-14(21)15(22)9-12)29-20-23-16-6-4-3-5-13(16)19(27)24(20)10-17(25)28-2/h3-9,11H,10H2,1-2H3/t11-/m0/s1. The van der Waals surface area contributed by atoms with Gasteiger partial charge in [-0.05, 0) is 37.3 Å². The lowest BCUT2D eigenvalue weighted by atomic mass is 10.1. The maximum Gasteiger partial charge on any atom is 0.325 e. The van der Waals surface area contributed by atoms with Crippen LogP contribution in [0.3, 0.4) is 0 Å². The molecule has 0 saturated heterocycles. The van der Waals surface area contributed by atoms with Crippen LogP contribution in [0.15, 0.2) is 52.4 Å². The van der Waals surface area contributed by atoms with Crippen molar-refractivity contribution in [2.45, 2.75) is 23.9 Å². The molecule has 150 valence electrons. The van der Waals surface area contributed by atoms with E-state index in [2.05, 4.69) is 9.72 Å². The number of rotatable bonds is 6. The molecule has 1 heterocycles. The Kier molecular flexibility index (Phi) is 6.07. The number of aromatic nitrogens is 2. The van der Waals surface area contributed by atoms with Gasteiger partial charge in [0.15, 0.2) is 22.6 Å². The molecule has 9 heteroatoms. The molecule has 29 heavy (non-hydrogen) atoms. The molecule has 0 unspecified atom stereocenters. The number of para-hydroxylation sites is 1. The summed E-state index contributed by atoms with van der Waals surface area (Å²) in [5.74, 6) is -3.30. The van der Waals surface area contributed by atoms with Gasteiger partial charge in [0, 0.05) is 5.56 Å². The van der Waals surface area contributed by atoms with Crippen LogP contribution >= 0.6 is 11.8 Å². The quantitative estimate of drug-likeness (QED) is 0.265. The SMILES string of the molecule is COC(=O)Cn1c(S[C@@H](C)C(=O)c2ccc(F)c(F)c2)nc2ccccc2c1=O. The van der Waals surface area contributed by atoms with E-state index in [9.17, 15) is 23.2 Å². The van der Waals surface area contributed by atoms with E-state index in [0.29, 0.717) is 10.9 Å². The summed E-state index contributed by atoms with van der Waals surface area (Å²) in [5.41, 5.74) is -0.0453. The molecule has 0 aliphatic carbocycles. The minimum absolute atomic E-state index is 0.00782. The zero-order valence-corrected chi connectivity index (χ0v) is 16.3. The Hall–Kier alpha value is -3.07. The molecule has 0 spiro atoms. The van der Waals surface area contributed by atoms with Gasteiger partial charge in [-0.2, -0.15) is 0 Å². The van der Waals surface area contributed by atoms with Gasteiger partial charge in [0.2, 0.25) is 0 Å². The average Bonchev–Trinajstić information content (AvgIpc) is 2.72. The van der Waals surface area contributed by atoms with Crippen molar-refractivity contribution in [2.24, 2.45) is 0 Å². The summed E-state index contributed by atoms with van der Waals surface area (Å²) in [6.45, 7) is 1.18. The van der Waals surface area contributed by atoms with Crippen LogP contribution in [0.4, 0.5) is 8.78 Å². The maximum atomic E-state index is 13.5. The van der Waals surface area contributed by atoms with E-state index in [-0.39, 0.29) is 17.3 Å². The Balaban J connectivity index is 2.00. The molecular formula is C20H16F2N2O4S. The van der Waals surface area contributed by atoms with E-state index in [0.717, 1.165) is 28.5 Å². The molecule has 2 aromatic carbocycles. The lowest BCUT2D eigenvalue weighted by Gasteiger charge is -2.15. The normalized spacial score (nSPS) is 12.0. The van der Waals surface area contributed by atoms with E-state index in [1.54, 1.807) is 31.2 Å². The average molecular weight is 418 g/mol. The van der Waals surface area contributed by atoms with Crippen LogP contribution in [0.2, 0.25) is 0 Å². The third kappa shape index (κ3) is 4.34. The Morgan fingerprint density at radius 2 is 1.90 bits per heavy atom. The molecule has 3 aromatic rings. The fourth-order valence-electron chi connectivity index (χ4n) is 2.67. The molecule has 0 fully saturated rings. The molecule has 0 bridgehead atoms. The number of benzene rings is 2. The maximum absolute atomic E-state index is 13.5. The molecule has 0 amide bonds. The molecule has 0 saturated carbocycles. The van der Waals surface area contributed by atoms with Crippen LogP contribution in [-0.4, -0.2) is 33.7 Å². The monoisotopic (exact) mass is 418 g/mol. The highest BCUT2D eigenvalue weighted by Gasteiger charge is 2.22. The van der Waals surface area contributed by atoms with Crippen molar-refractivity contribution in [3.05, 3.63) is 70.0 Å². The smallest absolute Gasteiger partial charge is 0.325 e. The summed E-state index contributed by atoms with van der Waals surface area (Å²) in [6.07, 6.45) is 0. The Morgan fingerprint density at radius 1 is 1.17 bits per heavy atom. The summed E-state index contributed by atoms with van der Waals surface area (Å²) in [4.78, 5) is 41.6. The van der Waals surface area contributed by atoms with Gasteiger partial charge in [-0.15, -0.1) is 0 Å². The molecule has 3 rings (SSSR count). The van der Waals surface area contributed by atoms with E-state index in [1.807, 2.05) is 0 Å². The highest BCUT2D eigenvalue weighted by atomic mass is 32.2. The van der Waals surface area contributed by atoms with Crippen LogP contribution in [0.5, 0.6) is 0 Å². The predicted molar refractivity (Wildman–Crippen MR) is 104 cm³/mol. The molecule has 0 N–H and O–H groups in total. The Labute approximate surface area is 168 Å². The zero-order valence-electron chi connectivity index (χ0n) is 15.5. The number of thioether (sulfide) groups is 1. The molecule has 0 aliphatic rings. The second kappa shape index (κ2) is 8.52. The number of fused-ring (bicyclic) bond motifs is 1. The lowest BCUT2D eigenvalue weighted by Crippen LogP contribution is -2.28. The van der Waals surface area contributed by atoms with Crippen LogP contribution < -0.4 is 5.56 Å². The number of hydrogen-bond acceptors (Lipinski definition) is 6. The first kappa shape index (κ1) is 20.7. The molecule has 6 nitrogen and oxygen atoms in total. The summed E-state index contributed by atoms with van der Waals surface area (Å²) >= 11 is 0.943. The Morgan fingerprint density at radius 3 is 2.59 bits per heavy atom. The van der Waals surface area contributed by atoms with Gasteiger partial charge >= 0.3 is 5.97 Å². The van der Waals surface area contributed by atoms with Crippen LogP contribution in [0.25, 0.3) is 10.9 Å². The molecule has 0 aliphatic heterocycles. The van der Waals surface area contributed by atoms with Gasteiger partial charge in [0.25, 0.3) is 5.56 Å². The highest BCUT2D eigenvalue weighted by Crippen LogP contribution is 2.25. The summed E-state index contributed by atoms with van der Waals surface area (Å²) in [7, 11) is 1.20. The van der Waals surface area contributed by atoms with Crippen molar-refractivity contribution in [1.29, 1.82) is 0 Å². The number of hydrogen-bond donors (Lipinski definition) is 0. The number of carbonyl (C=O) groups is 2. The van der Waals surface area contributed by atoms with Crippen molar-refractivity contribution in [3.8, 4) is 0 Å². The van der Waals surface area contributed by atoms with E-state index >= 15 is 0 Å². The Bertz CT molecular complexity index is 1160. The van der Waals surface area contributed by atoms with Gasteiger partial charge in [0.05, 0.1) is 23.3 Å². The van der Waals surface area contributed by atoms with Crippen LogP contribution in [-0.2, 0) is 16.1 Å². The number of nitrogens with zero attached hydrogens (tertiary/aromatic N) is 2. The third-order valence-corrected chi connectivity index (χ3v) is 5.29. The number of Topliss-reactive ketones (excluding diaryl/α,β-unsaturated/α-hetero) is 1. The summed E-state index contributed by atoms with van der Waals surface area (Å²) in [6, 6.07) is 9.51. The van der Waals surface area contributed by atoms with Crippen LogP contribution in [0, 0.1) is 11.6 Å². The number of halogens is 2. The summed E-state index contributed by atoms with van der Waals surface area (Å²) < 4.78 is 32.4. The molecular weight excluding hydrogens is 402 g/mol. The van der Waals surface area contributed by atoms with Crippen molar-refractivity contribution in [2.75, 3.05) is 7.11 Å². The topological polar surface area (TPSA) is 78.3 Å². The molecule has 1 aromatic heterocycles. The largest absolute Gasteiger partial charge is 0.468 e. The van der Waals surface area contributed by atoms with Gasteiger partial charge in [-0.25, -0.2) is 13.8 Å². The third-order valence-electron chi connectivity index (χ3n) is 4.20. The van der Waals surface area contributed by atoms with Gasteiger partial charge in [0.1, 0.15) is 6.54 Å². The van der Waals surface area contributed by atoms with Gasteiger partial charge in [-0.3, -0.25) is 19.0 Å². The van der Waals surface area contributed by atoms with E-state index < -0.39 is 34.2 Å². The fourth-order valence-corrected chi connectivity index (χ4v) is 3.65. The second-order valence-corrected chi connectivity index (χ2v) is 7.44. The zero-order chi connectivity index (χ0) is 21.1. The van der Waals surface area contributed by atoms with Crippen molar-refractivity contribution < 1.29 is 23.1 Å². The minimum atomic E-state index is -1.13. The van der Waals surface area contributed by atoms with Crippen molar-refractivity contribution in [3.63, 3.8) is 0 Å². The number of methoxy groups -OCH3 is 1. The predicted octanol–water partition coefficient (Wildman–Crippen LogP) is 3.21. The number of ketones is 1. The molecule has 1 atom stereocenters. The first-order valence-electron chi connectivity index (χ1n) is 8.54. The number of ether oxygens (including phenoxy) is 1. The van der Waals surface area contributed by atoms with Crippen molar-refractivity contribution in [1.82, 2.24) is 9.55 Å². The van der Waals surface area contributed by atoms with E-state index in [4.69, 9.17) is 0 Å². The second-order valence-electron chi connectivity index (χ2n) is 6.13. The first-order chi connectivity index (χ1) is 13.8. The van der Waals surface area contributed by atoms with E-state index in [1.165, 1.54) is 13.2 Å². The summed E-state index contributed by atoms with van der Waals surface area (Å²) in [5, 5.41) is -0.320.